The Morgan fingerprint density at radius 3 is 1.87 bits per heavy atom. The number of nitrogens with zero attached hydrogens (tertiary/aromatic N) is 2. The quantitative estimate of drug-likeness (QED) is 0.762. The Kier molecular flexibility index (Phi) is 4.06. The third kappa shape index (κ3) is 3.18. The van der Waals surface area contributed by atoms with Gasteiger partial charge in [-0.3, -0.25) is 0 Å². The topological polar surface area (TPSA) is 35.0 Å². The van der Waals surface area contributed by atoms with Crippen LogP contribution in [0.1, 0.15) is 57.8 Å². The smallest absolute Gasteiger partial charge is 0.316 e. The lowest BCUT2D eigenvalue weighted by Crippen LogP contribution is -2.05. The third-order valence-corrected chi connectivity index (χ3v) is 2.20. The van der Waals surface area contributed by atoms with Crippen LogP contribution in [0.2, 0.25) is 0 Å². The highest BCUT2D eigenvalue weighted by atomic mass is 16.5. The molecule has 0 aliphatic carbocycles. The maximum atomic E-state index is 5.37. The van der Waals surface area contributed by atoms with E-state index in [9.17, 15) is 0 Å². The van der Waals surface area contributed by atoms with E-state index in [4.69, 9.17) is 4.74 Å². The predicted molar refractivity (Wildman–Crippen MR) is 61.4 cm³/mol. The average molecular weight is 208 g/mol. The van der Waals surface area contributed by atoms with Crippen molar-refractivity contribution in [2.24, 2.45) is 0 Å². The first-order valence-electron chi connectivity index (χ1n) is 5.56. The van der Waals surface area contributed by atoms with Crippen molar-refractivity contribution in [2.45, 2.75) is 46.5 Å². The van der Waals surface area contributed by atoms with E-state index in [1.165, 1.54) is 0 Å². The van der Waals surface area contributed by atoms with Crippen LogP contribution in [0, 0.1) is 0 Å². The number of ether oxygens (including phenoxy) is 1. The molecule has 1 heterocycles. The van der Waals surface area contributed by atoms with Gasteiger partial charge in [-0.05, 0) is 24.8 Å². The molecule has 1 aromatic heterocycles. The lowest BCUT2D eigenvalue weighted by atomic mass is 10.1. The van der Waals surface area contributed by atoms with Crippen molar-refractivity contribution in [1.82, 2.24) is 9.97 Å². The fraction of sp³-hybridized carbons (Fsp3) is 0.667. The summed E-state index contributed by atoms with van der Waals surface area (Å²) in [6.07, 6.45) is 0. The Bertz CT molecular complexity index is 295. The van der Waals surface area contributed by atoms with E-state index in [0.717, 1.165) is 11.4 Å². The van der Waals surface area contributed by atoms with E-state index in [1.54, 1.807) is 0 Å². The molecule has 84 valence electrons. The van der Waals surface area contributed by atoms with Crippen LogP contribution in [0.4, 0.5) is 0 Å². The summed E-state index contributed by atoms with van der Waals surface area (Å²) in [6.45, 7) is 11.1. The normalized spacial score (nSPS) is 11.1. The van der Waals surface area contributed by atoms with Crippen molar-refractivity contribution in [2.75, 3.05) is 6.61 Å². The minimum Gasteiger partial charge on any atom is -0.464 e. The third-order valence-electron chi connectivity index (χ3n) is 2.20. The van der Waals surface area contributed by atoms with Gasteiger partial charge in [0.05, 0.1) is 18.0 Å². The fourth-order valence-corrected chi connectivity index (χ4v) is 1.25. The van der Waals surface area contributed by atoms with Gasteiger partial charge in [-0.25, -0.2) is 0 Å². The summed E-state index contributed by atoms with van der Waals surface area (Å²) in [5.74, 6) is 0.814. The predicted octanol–water partition coefficient (Wildman–Crippen LogP) is 3.12. The molecule has 0 aliphatic rings. The number of aromatic nitrogens is 2. The average Bonchev–Trinajstić information content (AvgIpc) is 2.17. The molecule has 0 aliphatic heterocycles. The van der Waals surface area contributed by atoms with Crippen molar-refractivity contribution < 1.29 is 4.74 Å². The van der Waals surface area contributed by atoms with E-state index in [1.807, 2.05) is 6.92 Å². The Hall–Kier alpha value is -1.12. The molecule has 0 N–H and O–H groups in total. The van der Waals surface area contributed by atoms with Crippen molar-refractivity contribution in [3.63, 3.8) is 0 Å². The second-order valence-electron chi connectivity index (χ2n) is 4.24. The van der Waals surface area contributed by atoms with Crippen molar-refractivity contribution in [3.05, 3.63) is 17.5 Å². The van der Waals surface area contributed by atoms with Gasteiger partial charge in [0.2, 0.25) is 0 Å². The largest absolute Gasteiger partial charge is 0.464 e. The minimum absolute atomic E-state index is 0.407. The number of rotatable bonds is 4. The first kappa shape index (κ1) is 12.0. The fourth-order valence-electron chi connectivity index (χ4n) is 1.25. The summed E-state index contributed by atoms with van der Waals surface area (Å²) >= 11 is 0. The van der Waals surface area contributed by atoms with Crippen molar-refractivity contribution >= 4 is 0 Å². The summed E-state index contributed by atoms with van der Waals surface area (Å²) in [4.78, 5) is 8.74. The molecule has 0 atom stereocenters. The summed E-state index contributed by atoms with van der Waals surface area (Å²) in [5, 5.41) is 0. The van der Waals surface area contributed by atoms with Gasteiger partial charge in [0.1, 0.15) is 0 Å². The van der Waals surface area contributed by atoms with Crippen LogP contribution < -0.4 is 4.74 Å². The maximum absolute atomic E-state index is 5.37. The Balaban J connectivity index is 3.08. The van der Waals surface area contributed by atoms with Gasteiger partial charge in [0.25, 0.3) is 0 Å². The molecule has 0 saturated heterocycles. The van der Waals surface area contributed by atoms with E-state index in [0.29, 0.717) is 24.5 Å². The molecule has 3 nitrogen and oxygen atoms in total. The molecular weight excluding hydrogens is 188 g/mol. The van der Waals surface area contributed by atoms with Crippen LogP contribution in [-0.2, 0) is 0 Å². The summed E-state index contributed by atoms with van der Waals surface area (Å²) in [5.41, 5.74) is 2.11. The summed E-state index contributed by atoms with van der Waals surface area (Å²) in [6, 6.07) is 2.57. The van der Waals surface area contributed by atoms with Crippen LogP contribution in [0.5, 0.6) is 6.01 Å². The molecule has 0 fully saturated rings. The van der Waals surface area contributed by atoms with Gasteiger partial charge < -0.3 is 4.74 Å². The number of hydrogen-bond donors (Lipinski definition) is 0. The lowest BCUT2D eigenvalue weighted by Gasteiger charge is -2.11. The van der Waals surface area contributed by atoms with Gasteiger partial charge in [-0.1, -0.05) is 27.7 Å². The first-order valence-corrected chi connectivity index (χ1v) is 5.56. The van der Waals surface area contributed by atoms with E-state index in [-0.39, 0.29) is 0 Å². The molecule has 0 aromatic carbocycles. The van der Waals surface area contributed by atoms with E-state index >= 15 is 0 Å². The van der Waals surface area contributed by atoms with E-state index in [2.05, 4.69) is 43.7 Å². The molecule has 1 rings (SSSR count). The minimum atomic E-state index is 0.407. The van der Waals surface area contributed by atoms with Crippen LogP contribution in [0.15, 0.2) is 6.07 Å². The Labute approximate surface area is 91.9 Å². The SMILES string of the molecule is CCOc1nc(C(C)C)cc(C(C)C)n1. The molecule has 0 spiro atoms. The van der Waals surface area contributed by atoms with Gasteiger partial charge in [0.15, 0.2) is 0 Å². The zero-order valence-electron chi connectivity index (χ0n) is 10.2. The highest BCUT2D eigenvalue weighted by molar-refractivity contribution is 5.18. The van der Waals surface area contributed by atoms with Crippen molar-refractivity contribution in [1.29, 1.82) is 0 Å². The van der Waals surface area contributed by atoms with Gasteiger partial charge in [-0.2, -0.15) is 9.97 Å². The molecule has 15 heavy (non-hydrogen) atoms. The highest BCUT2D eigenvalue weighted by Gasteiger charge is 2.10. The molecular formula is C12H20N2O. The second-order valence-corrected chi connectivity index (χ2v) is 4.24. The molecule has 3 heteroatoms. The van der Waals surface area contributed by atoms with Crippen LogP contribution in [-0.4, -0.2) is 16.6 Å². The zero-order chi connectivity index (χ0) is 11.4. The highest BCUT2D eigenvalue weighted by Crippen LogP contribution is 2.20. The lowest BCUT2D eigenvalue weighted by molar-refractivity contribution is 0.309. The van der Waals surface area contributed by atoms with Gasteiger partial charge >= 0.3 is 6.01 Å². The van der Waals surface area contributed by atoms with Crippen molar-refractivity contribution in [3.8, 4) is 6.01 Å². The molecule has 0 saturated carbocycles. The first-order chi connectivity index (χ1) is 7.04. The van der Waals surface area contributed by atoms with E-state index < -0.39 is 0 Å². The van der Waals surface area contributed by atoms with Crippen LogP contribution in [0.25, 0.3) is 0 Å². The monoisotopic (exact) mass is 208 g/mol. The molecule has 0 amide bonds. The molecule has 0 bridgehead atoms. The molecule has 0 unspecified atom stereocenters. The molecule has 0 radical (unpaired) electrons. The summed E-state index contributed by atoms with van der Waals surface area (Å²) in [7, 11) is 0. The van der Waals surface area contributed by atoms with Crippen LogP contribution >= 0.6 is 0 Å². The second kappa shape index (κ2) is 5.10. The molecule has 1 aromatic rings. The van der Waals surface area contributed by atoms with Gasteiger partial charge in [0, 0.05) is 0 Å². The van der Waals surface area contributed by atoms with Gasteiger partial charge in [-0.15, -0.1) is 0 Å². The maximum Gasteiger partial charge on any atom is 0.316 e. The Morgan fingerprint density at radius 2 is 1.53 bits per heavy atom. The Morgan fingerprint density at radius 1 is 1.07 bits per heavy atom. The van der Waals surface area contributed by atoms with Crippen LogP contribution in [0.3, 0.4) is 0 Å². The zero-order valence-corrected chi connectivity index (χ0v) is 10.2. The number of hydrogen-bond acceptors (Lipinski definition) is 3. The summed E-state index contributed by atoms with van der Waals surface area (Å²) < 4.78 is 5.37. The standard InChI is InChI=1S/C12H20N2O/c1-6-15-12-13-10(8(2)3)7-11(14-12)9(4)5/h7-9H,6H2,1-5H3.